The maximum atomic E-state index is 10.7. The predicted octanol–water partition coefficient (Wildman–Crippen LogP) is -1.16. The lowest BCUT2D eigenvalue weighted by Gasteiger charge is -2.11. The van der Waals surface area contributed by atoms with Gasteiger partial charge in [0.25, 0.3) is 11.8 Å². The van der Waals surface area contributed by atoms with Crippen molar-refractivity contribution in [3.63, 3.8) is 0 Å². The third-order valence-corrected chi connectivity index (χ3v) is 1.08. The van der Waals surface area contributed by atoms with Crippen LogP contribution in [0.1, 0.15) is 0 Å². The fraction of sp³-hybridized carbons (Fsp3) is 0.333. The normalized spacial score (nSPS) is 16.6. The number of hydrogen-bond acceptors (Lipinski definition) is 4. The topological polar surface area (TPSA) is 66.8 Å². The van der Waals surface area contributed by atoms with E-state index in [9.17, 15) is 9.59 Å². The molecule has 0 aromatic heterocycles. The zero-order valence-electron chi connectivity index (χ0n) is 5.69. The molecule has 1 heterocycles. The summed E-state index contributed by atoms with van der Waals surface area (Å²) in [7, 11) is 0. The molecule has 0 spiro atoms. The number of imide groups is 1. The second-order valence-corrected chi connectivity index (χ2v) is 1.86. The molecule has 0 saturated carbocycles. The van der Waals surface area contributed by atoms with Crippen LogP contribution in [0.25, 0.3) is 0 Å². The van der Waals surface area contributed by atoms with Crippen LogP contribution in [0.4, 0.5) is 0 Å². The van der Waals surface area contributed by atoms with Gasteiger partial charge in [0, 0.05) is 12.2 Å². The molecule has 0 aromatic rings. The molecule has 5 nitrogen and oxygen atoms in total. The summed E-state index contributed by atoms with van der Waals surface area (Å²) in [4.78, 5) is 26.0. The van der Waals surface area contributed by atoms with E-state index in [2.05, 4.69) is 4.84 Å². The Kier molecular flexibility index (Phi) is 2.35. The van der Waals surface area contributed by atoms with Gasteiger partial charge >= 0.3 is 0 Å². The Morgan fingerprint density at radius 1 is 1.36 bits per heavy atom. The van der Waals surface area contributed by atoms with Crippen LogP contribution in [0.5, 0.6) is 0 Å². The summed E-state index contributed by atoms with van der Waals surface area (Å²) >= 11 is 0. The molecular weight excluding hydrogens is 150 g/mol. The molecule has 5 heteroatoms. The van der Waals surface area contributed by atoms with Gasteiger partial charge in [0.1, 0.15) is 0 Å². The number of hydrogen-bond donors (Lipinski definition) is 1. The van der Waals surface area contributed by atoms with Crippen LogP contribution >= 0.6 is 0 Å². The molecule has 0 aromatic carbocycles. The molecule has 0 atom stereocenters. The number of carbonyl (C=O) groups is 2. The van der Waals surface area contributed by atoms with Crippen molar-refractivity contribution < 1.29 is 19.5 Å². The molecule has 0 aliphatic carbocycles. The minimum atomic E-state index is -0.511. The summed E-state index contributed by atoms with van der Waals surface area (Å²) in [6.07, 6.45) is 2.22. The van der Waals surface area contributed by atoms with Gasteiger partial charge in [0.05, 0.1) is 13.2 Å². The van der Waals surface area contributed by atoms with E-state index in [1.807, 2.05) is 0 Å². The van der Waals surface area contributed by atoms with E-state index < -0.39 is 11.8 Å². The highest BCUT2D eigenvalue weighted by molar-refractivity contribution is 6.11. The highest BCUT2D eigenvalue weighted by Crippen LogP contribution is 2.02. The summed E-state index contributed by atoms with van der Waals surface area (Å²) in [6, 6.07) is 0. The van der Waals surface area contributed by atoms with Gasteiger partial charge in [-0.3, -0.25) is 14.4 Å². The SMILES string of the molecule is O=C1C=CC(=O)N1OCCO. The van der Waals surface area contributed by atoms with Crippen molar-refractivity contribution in [2.75, 3.05) is 13.2 Å². The molecule has 0 bridgehead atoms. The Balaban J connectivity index is 2.46. The van der Waals surface area contributed by atoms with Crippen molar-refractivity contribution in [3.05, 3.63) is 12.2 Å². The average molecular weight is 157 g/mol. The second-order valence-electron chi connectivity index (χ2n) is 1.86. The summed E-state index contributed by atoms with van der Waals surface area (Å²) in [5, 5.41) is 8.91. The van der Waals surface area contributed by atoms with Crippen LogP contribution in [-0.2, 0) is 14.4 Å². The second kappa shape index (κ2) is 3.27. The first-order valence-corrected chi connectivity index (χ1v) is 3.05. The molecule has 11 heavy (non-hydrogen) atoms. The maximum absolute atomic E-state index is 10.7. The Morgan fingerprint density at radius 2 is 1.91 bits per heavy atom. The van der Waals surface area contributed by atoms with Crippen molar-refractivity contribution in [2.24, 2.45) is 0 Å². The van der Waals surface area contributed by atoms with Gasteiger partial charge in [-0.05, 0) is 0 Å². The highest BCUT2D eigenvalue weighted by Gasteiger charge is 2.23. The Bertz CT molecular complexity index is 193. The fourth-order valence-corrected chi connectivity index (χ4v) is 0.646. The molecule has 60 valence electrons. The van der Waals surface area contributed by atoms with E-state index >= 15 is 0 Å². The molecule has 2 amide bonds. The first-order chi connectivity index (χ1) is 5.25. The number of carbonyl (C=O) groups excluding carboxylic acids is 2. The molecule has 0 unspecified atom stereocenters. The molecule has 1 aliphatic rings. The number of hydroxylamine groups is 2. The number of nitrogens with zero attached hydrogens (tertiary/aromatic N) is 1. The molecule has 0 saturated heterocycles. The van der Waals surface area contributed by atoms with Crippen LogP contribution in [0, 0.1) is 0 Å². The molecular formula is C6H7NO4. The minimum Gasteiger partial charge on any atom is -0.394 e. The molecule has 1 rings (SSSR count). The van der Waals surface area contributed by atoms with Crippen molar-refractivity contribution >= 4 is 11.8 Å². The minimum absolute atomic E-state index is 0.0564. The van der Waals surface area contributed by atoms with Crippen LogP contribution in [-0.4, -0.2) is 35.2 Å². The number of rotatable bonds is 3. The van der Waals surface area contributed by atoms with Crippen LogP contribution in [0.2, 0.25) is 0 Å². The number of aliphatic hydroxyl groups excluding tert-OH is 1. The van der Waals surface area contributed by atoms with Gasteiger partial charge in [-0.25, -0.2) is 0 Å². The van der Waals surface area contributed by atoms with Crippen LogP contribution in [0.15, 0.2) is 12.2 Å². The highest BCUT2D eigenvalue weighted by atomic mass is 16.7. The maximum Gasteiger partial charge on any atom is 0.277 e. The van der Waals surface area contributed by atoms with Crippen molar-refractivity contribution in [1.29, 1.82) is 0 Å². The van der Waals surface area contributed by atoms with Gasteiger partial charge in [-0.2, -0.15) is 0 Å². The van der Waals surface area contributed by atoms with E-state index in [4.69, 9.17) is 5.11 Å². The van der Waals surface area contributed by atoms with Gasteiger partial charge in [-0.1, -0.05) is 0 Å². The van der Waals surface area contributed by atoms with Crippen molar-refractivity contribution in [1.82, 2.24) is 5.06 Å². The third-order valence-electron chi connectivity index (χ3n) is 1.08. The lowest BCUT2D eigenvalue weighted by atomic mass is 10.6. The number of aliphatic hydroxyl groups is 1. The van der Waals surface area contributed by atoms with E-state index in [1.54, 1.807) is 0 Å². The van der Waals surface area contributed by atoms with E-state index in [0.717, 1.165) is 12.2 Å². The molecule has 0 radical (unpaired) electrons. The lowest BCUT2D eigenvalue weighted by Crippen LogP contribution is -2.31. The summed E-state index contributed by atoms with van der Waals surface area (Å²) in [6.45, 7) is -0.282. The molecule has 0 fully saturated rings. The van der Waals surface area contributed by atoms with E-state index in [1.165, 1.54) is 0 Å². The summed E-state index contributed by atoms with van der Waals surface area (Å²) in [5.41, 5.74) is 0. The summed E-state index contributed by atoms with van der Waals surface area (Å²) in [5.74, 6) is -1.02. The van der Waals surface area contributed by atoms with Crippen molar-refractivity contribution in [2.45, 2.75) is 0 Å². The van der Waals surface area contributed by atoms with Gasteiger partial charge in [0.15, 0.2) is 0 Å². The Morgan fingerprint density at radius 3 is 2.36 bits per heavy atom. The lowest BCUT2D eigenvalue weighted by molar-refractivity contribution is -0.187. The third kappa shape index (κ3) is 1.63. The van der Waals surface area contributed by atoms with E-state index in [0.29, 0.717) is 5.06 Å². The first-order valence-electron chi connectivity index (χ1n) is 3.05. The van der Waals surface area contributed by atoms with E-state index in [-0.39, 0.29) is 13.2 Å². The fourth-order valence-electron chi connectivity index (χ4n) is 0.646. The monoisotopic (exact) mass is 157 g/mol. The van der Waals surface area contributed by atoms with Gasteiger partial charge < -0.3 is 5.11 Å². The quantitative estimate of drug-likeness (QED) is 0.524. The zero-order valence-corrected chi connectivity index (χ0v) is 5.69. The predicted molar refractivity (Wildman–Crippen MR) is 34.0 cm³/mol. The Hall–Kier alpha value is -1.20. The molecule has 1 N–H and O–H groups in total. The van der Waals surface area contributed by atoms with Crippen LogP contribution in [0.3, 0.4) is 0 Å². The Labute approximate surface area is 62.8 Å². The smallest absolute Gasteiger partial charge is 0.277 e. The number of amides is 2. The van der Waals surface area contributed by atoms with Gasteiger partial charge in [-0.15, -0.1) is 5.06 Å². The van der Waals surface area contributed by atoms with Crippen molar-refractivity contribution in [3.8, 4) is 0 Å². The van der Waals surface area contributed by atoms with Gasteiger partial charge in [0.2, 0.25) is 0 Å². The largest absolute Gasteiger partial charge is 0.394 e. The molecule has 1 aliphatic heterocycles. The van der Waals surface area contributed by atoms with Crippen LogP contribution < -0.4 is 0 Å². The zero-order chi connectivity index (χ0) is 8.27. The summed E-state index contributed by atoms with van der Waals surface area (Å²) < 4.78 is 0. The first kappa shape index (κ1) is 7.90. The standard InChI is InChI=1S/C6H7NO4/c8-3-4-11-7-5(9)1-2-6(7)10/h1-2,8H,3-4H2. The average Bonchev–Trinajstić information content (AvgIpc) is 2.29.